The lowest BCUT2D eigenvalue weighted by Crippen LogP contribution is -2.23. The number of nitrogens with zero attached hydrogens (tertiary/aromatic N) is 1. The largest absolute Gasteiger partial charge is 0.356 e. The highest BCUT2D eigenvalue weighted by Crippen LogP contribution is 1.87. The molecule has 0 unspecified atom stereocenters. The van der Waals surface area contributed by atoms with E-state index in [9.17, 15) is 4.79 Å². The number of amides is 1. The van der Waals surface area contributed by atoms with Crippen molar-refractivity contribution >= 4 is 5.91 Å². The maximum Gasteiger partial charge on any atom is 0.219 e. The van der Waals surface area contributed by atoms with Gasteiger partial charge in [0.15, 0.2) is 0 Å². The second-order valence-electron chi connectivity index (χ2n) is 2.36. The lowest BCUT2D eigenvalue weighted by Gasteiger charge is -2.00. The van der Waals surface area contributed by atoms with E-state index in [4.69, 9.17) is 5.26 Å². The van der Waals surface area contributed by atoms with Crippen molar-refractivity contribution in [1.82, 2.24) is 5.32 Å². The molecule has 0 atom stereocenters. The fourth-order valence-corrected chi connectivity index (χ4v) is 0.711. The van der Waals surface area contributed by atoms with Crippen LogP contribution in [0.4, 0.5) is 0 Å². The Balaban J connectivity index is 3.12. The number of carbonyl (C=O) groups excluding carboxylic acids is 1. The summed E-state index contributed by atoms with van der Waals surface area (Å²) in [5.74, 6) is 0.0884. The van der Waals surface area contributed by atoms with Gasteiger partial charge in [0, 0.05) is 19.4 Å². The van der Waals surface area contributed by atoms with Gasteiger partial charge in [0.1, 0.15) is 0 Å². The monoisotopic (exact) mass is 154 g/mol. The number of hydrogen-bond donors (Lipinski definition) is 1. The first-order valence-electron chi connectivity index (χ1n) is 3.95. The van der Waals surface area contributed by atoms with Crippen molar-refractivity contribution in [1.29, 1.82) is 5.26 Å². The van der Waals surface area contributed by atoms with Crippen molar-refractivity contribution in [3.63, 3.8) is 0 Å². The molecule has 1 amide bonds. The molecule has 0 aromatic carbocycles. The van der Waals surface area contributed by atoms with Crippen molar-refractivity contribution in [2.45, 2.75) is 32.6 Å². The van der Waals surface area contributed by atoms with Crippen molar-refractivity contribution in [3.8, 4) is 6.07 Å². The lowest BCUT2D eigenvalue weighted by atomic mass is 10.3. The van der Waals surface area contributed by atoms with Gasteiger partial charge in [0.25, 0.3) is 0 Å². The highest BCUT2D eigenvalue weighted by atomic mass is 16.1. The van der Waals surface area contributed by atoms with Gasteiger partial charge in [-0.3, -0.25) is 4.79 Å². The summed E-state index contributed by atoms with van der Waals surface area (Å²) in [4.78, 5) is 10.8. The molecule has 0 aromatic heterocycles. The molecule has 0 aromatic rings. The topological polar surface area (TPSA) is 52.9 Å². The van der Waals surface area contributed by atoms with Gasteiger partial charge in [-0.05, 0) is 12.8 Å². The number of nitrogens with one attached hydrogen (secondary N) is 1. The molecular formula is C8H14N2O. The van der Waals surface area contributed by atoms with E-state index in [1.54, 1.807) is 0 Å². The molecule has 0 rings (SSSR count). The quantitative estimate of drug-likeness (QED) is 0.605. The van der Waals surface area contributed by atoms with Crippen molar-refractivity contribution in [2.24, 2.45) is 0 Å². The molecule has 3 heteroatoms. The lowest BCUT2D eigenvalue weighted by molar-refractivity contribution is -0.121. The zero-order valence-electron chi connectivity index (χ0n) is 6.89. The fraction of sp³-hybridized carbons (Fsp3) is 0.750. The molecule has 0 aliphatic carbocycles. The first-order valence-corrected chi connectivity index (χ1v) is 3.95. The summed E-state index contributed by atoms with van der Waals surface area (Å²) < 4.78 is 0. The molecule has 62 valence electrons. The molecule has 0 aliphatic heterocycles. The van der Waals surface area contributed by atoms with Crippen LogP contribution in [0.2, 0.25) is 0 Å². The normalized spacial score (nSPS) is 8.73. The highest BCUT2D eigenvalue weighted by molar-refractivity contribution is 5.75. The molecule has 0 heterocycles. The highest BCUT2D eigenvalue weighted by Gasteiger charge is 1.96. The number of unbranched alkanes of at least 4 members (excludes halogenated alkanes) is 1. The van der Waals surface area contributed by atoms with Crippen LogP contribution in [0.25, 0.3) is 0 Å². The molecule has 0 fully saturated rings. The van der Waals surface area contributed by atoms with Gasteiger partial charge in [-0.1, -0.05) is 6.92 Å². The van der Waals surface area contributed by atoms with Gasteiger partial charge < -0.3 is 5.32 Å². The van der Waals surface area contributed by atoms with Gasteiger partial charge >= 0.3 is 0 Å². The Bertz CT molecular complexity index is 149. The molecule has 0 spiro atoms. The second-order valence-corrected chi connectivity index (χ2v) is 2.36. The van der Waals surface area contributed by atoms with Crippen LogP contribution < -0.4 is 5.32 Å². The van der Waals surface area contributed by atoms with E-state index in [-0.39, 0.29) is 5.91 Å². The maximum atomic E-state index is 10.8. The zero-order chi connectivity index (χ0) is 8.53. The number of nitriles is 1. The summed E-state index contributed by atoms with van der Waals surface area (Å²) >= 11 is 0. The van der Waals surface area contributed by atoms with Crippen LogP contribution in [0.5, 0.6) is 0 Å². The number of hydrogen-bond acceptors (Lipinski definition) is 2. The first kappa shape index (κ1) is 9.96. The maximum absolute atomic E-state index is 10.8. The van der Waals surface area contributed by atoms with Crippen LogP contribution in [0, 0.1) is 11.3 Å². The summed E-state index contributed by atoms with van der Waals surface area (Å²) in [5, 5.41) is 10.9. The first-order chi connectivity index (χ1) is 5.31. The average Bonchev–Trinajstić information content (AvgIpc) is 1.99. The summed E-state index contributed by atoms with van der Waals surface area (Å²) in [6.45, 7) is 2.60. The Morgan fingerprint density at radius 3 is 2.91 bits per heavy atom. The van der Waals surface area contributed by atoms with Gasteiger partial charge in [-0.2, -0.15) is 5.26 Å². The van der Waals surface area contributed by atoms with Crippen LogP contribution in [0.15, 0.2) is 0 Å². The predicted molar refractivity (Wildman–Crippen MR) is 42.8 cm³/mol. The Morgan fingerprint density at radius 2 is 2.36 bits per heavy atom. The Labute approximate surface area is 67.4 Å². The Hall–Kier alpha value is -1.04. The number of carbonyl (C=O) groups is 1. The van der Waals surface area contributed by atoms with Crippen LogP contribution in [0.3, 0.4) is 0 Å². The summed E-state index contributed by atoms with van der Waals surface area (Å²) in [6.07, 6.45) is 2.75. The van der Waals surface area contributed by atoms with Gasteiger partial charge in [-0.25, -0.2) is 0 Å². The van der Waals surface area contributed by atoms with E-state index in [0.29, 0.717) is 19.4 Å². The van der Waals surface area contributed by atoms with Gasteiger partial charge in [0.05, 0.1) is 6.07 Å². The SMILES string of the molecule is CCCC(=O)NCCCC#N. The van der Waals surface area contributed by atoms with Gasteiger partial charge in [0.2, 0.25) is 5.91 Å². The molecular weight excluding hydrogens is 140 g/mol. The minimum absolute atomic E-state index is 0.0884. The van der Waals surface area contributed by atoms with Crippen molar-refractivity contribution in [2.75, 3.05) is 6.54 Å². The molecule has 0 aliphatic rings. The van der Waals surface area contributed by atoms with Crippen LogP contribution in [0.1, 0.15) is 32.6 Å². The van der Waals surface area contributed by atoms with Crippen molar-refractivity contribution < 1.29 is 4.79 Å². The minimum Gasteiger partial charge on any atom is -0.356 e. The van der Waals surface area contributed by atoms with E-state index < -0.39 is 0 Å². The van der Waals surface area contributed by atoms with E-state index in [1.165, 1.54) is 0 Å². The number of rotatable bonds is 5. The summed E-state index contributed by atoms with van der Waals surface area (Å²) in [6, 6.07) is 2.02. The smallest absolute Gasteiger partial charge is 0.219 e. The van der Waals surface area contributed by atoms with E-state index in [0.717, 1.165) is 12.8 Å². The predicted octanol–water partition coefficient (Wildman–Crippen LogP) is 1.21. The average molecular weight is 154 g/mol. The molecule has 3 nitrogen and oxygen atoms in total. The zero-order valence-corrected chi connectivity index (χ0v) is 6.89. The molecule has 0 bridgehead atoms. The Morgan fingerprint density at radius 1 is 1.64 bits per heavy atom. The molecule has 0 saturated carbocycles. The minimum atomic E-state index is 0.0884. The summed E-state index contributed by atoms with van der Waals surface area (Å²) in [7, 11) is 0. The molecule has 0 radical (unpaired) electrons. The van der Waals surface area contributed by atoms with Crippen molar-refractivity contribution in [3.05, 3.63) is 0 Å². The molecule has 0 saturated heterocycles. The fourth-order valence-electron chi connectivity index (χ4n) is 0.711. The van der Waals surface area contributed by atoms with Crippen LogP contribution in [-0.4, -0.2) is 12.5 Å². The van der Waals surface area contributed by atoms with Crippen LogP contribution >= 0.6 is 0 Å². The summed E-state index contributed by atoms with van der Waals surface area (Å²) in [5.41, 5.74) is 0. The van der Waals surface area contributed by atoms with E-state index in [2.05, 4.69) is 5.32 Å². The van der Waals surface area contributed by atoms with E-state index >= 15 is 0 Å². The third kappa shape index (κ3) is 6.85. The van der Waals surface area contributed by atoms with Crippen LogP contribution in [-0.2, 0) is 4.79 Å². The third-order valence-corrected chi connectivity index (χ3v) is 1.26. The molecule has 1 N–H and O–H groups in total. The van der Waals surface area contributed by atoms with E-state index in [1.807, 2.05) is 13.0 Å². The molecule has 11 heavy (non-hydrogen) atoms. The van der Waals surface area contributed by atoms with Gasteiger partial charge in [-0.15, -0.1) is 0 Å². The second kappa shape index (κ2) is 7.07. The third-order valence-electron chi connectivity index (χ3n) is 1.26. The standard InChI is InChI=1S/C8H14N2O/c1-2-5-8(11)10-7-4-3-6-9/h2-5,7H2,1H3,(H,10,11). The Kier molecular flexibility index (Phi) is 6.40.